The molecule has 3 heterocycles. The number of hydrogen-bond donors (Lipinski definition) is 1. The number of aromatic nitrogens is 2. The van der Waals surface area contributed by atoms with Gasteiger partial charge in [-0.1, -0.05) is 13.8 Å². The number of anilines is 1. The Balaban J connectivity index is 1.88. The lowest BCUT2D eigenvalue weighted by Crippen LogP contribution is -2.27. The summed E-state index contributed by atoms with van der Waals surface area (Å²) in [6.45, 7) is 7.05. The summed E-state index contributed by atoms with van der Waals surface area (Å²) in [6.07, 6.45) is 6.07. The number of amides is 1. The maximum absolute atomic E-state index is 12.3. The standard InChI is InChI=1S/C16H22N4O/c1-12(2)10-17-16(21)14-11-18-20-8-5-13(9-15(14)20)19-6-3-4-7-19/h5,8-9,11-12H,3-4,6-7,10H2,1-2H3,(H,17,21). The Morgan fingerprint density at radius 1 is 1.38 bits per heavy atom. The summed E-state index contributed by atoms with van der Waals surface area (Å²) in [7, 11) is 0. The Morgan fingerprint density at radius 2 is 2.14 bits per heavy atom. The predicted octanol–water partition coefficient (Wildman–Crippen LogP) is 2.32. The lowest BCUT2D eigenvalue weighted by molar-refractivity contribution is 0.0950. The van der Waals surface area contributed by atoms with Gasteiger partial charge in [0.2, 0.25) is 0 Å². The second-order valence-electron chi connectivity index (χ2n) is 6.07. The summed E-state index contributed by atoms with van der Waals surface area (Å²) in [4.78, 5) is 14.6. The average Bonchev–Trinajstić information content (AvgIpc) is 3.13. The first-order valence-electron chi connectivity index (χ1n) is 7.65. The Labute approximate surface area is 124 Å². The zero-order chi connectivity index (χ0) is 14.8. The average molecular weight is 286 g/mol. The second kappa shape index (κ2) is 5.76. The Morgan fingerprint density at radius 3 is 2.86 bits per heavy atom. The van der Waals surface area contributed by atoms with Gasteiger partial charge >= 0.3 is 0 Å². The molecule has 2 aromatic rings. The van der Waals surface area contributed by atoms with Gasteiger partial charge in [0.05, 0.1) is 17.3 Å². The van der Waals surface area contributed by atoms with Crippen molar-refractivity contribution in [2.24, 2.45) is 5.92 Å². The molecule has 0 unspecified atom stereocenters. The van der Waals surface area contributed by atoms with E-state index < -0.39 is 0 Å². The van der Waals surface area contributed by atoms with Crippen molar-refractivity contribution >= 4 is 17.1 Å². The summed E-state index contributed by atoms with van der Waals surface area (Å²) >= 11 is 0. The predicted molar refractivity (Wildman–Crippen MR) is 83.8 cm³/mol. The molecule has 1 saturated heterocycles. The first-order chi connectivity index (χ1) is 10.1. The quantitative estimate of drug-likeness (QED) is 0.938. The molecule has 21 heavy (non-hydrogen) atoms. The molecular formula is C16H22N4O. The van der Waals surface area contributed by atoms with Crippen LogP contribution in [0.5, 0.6) is 0 Å². The summed E-state index contributed by atoms with van der Waals surface area (Å²) in [5.74, 6) is 0.397. The van der Waals surface area contributed by atoms with Crippen LogP contribution in [0.3, 0.4) is 0 Å². The van der Waals surface area contributed by atoms with Crippen molar-refractivity contribution in [1.82, 2.24) is 14.9 Å². The highest BCUT2D eigenvalue weighted by Gasteiger charge is 2.16. The molecule has 1 aliphatic rings. The van der Waals surface area contributed by atoms with E-state index >= 15 is 0 Å². The van der Waals surface area contributed by atoms with Crippen molar-refractivity contribution in [3.8, 4) is 0 Å². The van der Waals surface area contributed by atoms with E-state index in [1.165, 1.54) is 18.5 Å². The third-order valence-corrected chi connectivity index (χ3v) is 3.89. The van der Waals surface area contributed by atoms with Crippen LogP contribution in [0.2, 0.25) is 0 Å². The first kappa shape index (κ1) is 13.9. The van der Waals surface area contributed by atoms with Crippen LogP contribution in [0.25, 0.3) is 5.52 Å². The molecule has 0 spiro atoms. The first-order valence-corrected chi connectivity index (χ1v) is 7.65. The number of pyridine rings is 1. The van der Waals surface area contributed by atoms with Crippen molar-refractivity contribution in [1.29, 1.82) is 0 Å². The topological polar surface area (TPSA) is 49.6 Å². The molecule has 1 fully saturated rings. The third-order valence-electron chi connectivity index (χ3n) is 3.89. The minimum Gasteiger partial charge on any atom is -0.371 e. The molecular weight excluding hydrogens is 264 g/mol. The zero-order valence-electron chi connectivity index (χ0n) is 12.7. The molecule has 0 aromatic carbocycles. The summed E-state index contributed by atoms with van der Waals surface area (Å²) < 4.78 is 1.77. The molecule has 2 aromatic heterocycles. The van der Waals surface area contributed by atoms with Crippen LogP contribution in [0, 0.1) is 5.92 Å². The molecule has 0 radical (unpaired) electrons. The fraction of sp³-hybridized carbons (Fsp3) is 0.500. The number of nitrogens with zero attached hydrogens (tertiary/aromatic N) is 3. The number of carbonyl (C=O) groups is 1. The van der Waals surface area contributed by atoms with E-state index in [4.69, 9.17) is 0 Å². The number of carbonyl (C=O) groups excluding carboxylic acids is 1. The van der Waals surface area contributed by atoms with E-state index in [1.807, 2.05) is 6.20 Å². The molecule has 0 saturated carbocycles. The van der Waals surface area contributed by atoms with Crippen LogP contribution in [0.4, 0.5) is 5.69 Å². The fourth-order valence-electron chi connectivity index (χ4n) is 2.71. The van der Waals surface area contributed by atoms with Gasteiger partial charge in [0.15, 0.2) is 0 Å². The van der Waals surface area contributed by atoms with Crippen molar-refractivity contribution in [3.63, 3.8) is 0 Å². The third kappa shape index (κ3) is 2.86. The summed E-state index contributed by atoms with van der Waals surface area (Å²) in [6, 6.07) is 4.14. The number of rotatable bonds is 4. The largest absolute Gasteiger partial charge is 0.371 e. The minimum atomic E-state index is -0.0442. The fourth-order valence-corrected chi connectivity index (χ4v) is 2.71. The number of hydrogen-bond acceptors (Lipinski definition) is 3. The molecule has 3 rings (SSSR count). The van der Waals surface area contributed by atoms with Crippen molar-refractivity contribution in [2.45, 2.75) is 26.7 Å². The Bertz CT molecular complexity index is 641. The summed E-state index contributed by atoms with van der Waals surface area (Å²) in [5, 5.41) is 7.23. The van der Waals surface area contributed by atoms with Crippen LogP contribution in [-0.2, 0) is 0 Å². The second-order valence-corrected chi connectivity index (χ2v) is 6.07. The normalized spacial score (nSPS) is 15.1. The Kier molecular flexibility index (Phi) is 3.82. The minimum absolute atomic E-state index is 0.0442. The van der Waals surface area contributed by atoms with Gasteiger partial charge in [-0.25, -0.2) is 4.52 Å². The molecule has 1 amide bonds. The van der Waals surface area contributed by atoms with E-state index in [-0.39, 0.29) is 5.91 Å². The van der Waals surface area contributed by atoms with E-state index in [0.717, 1.165) is 18.6 Å². The number of nitrogens with one attached hydrogen (secondary N) is 1. The van der Waals surface area contributed by atoms with Gasteiger partial charge < -0.3 is 10.2 Å². The monoisotopic (exact) mass is 286 g/mol. The van der Waals surface area contributed by atoms with E-state index in [2.05, 4.69) is 41.3 Å². The van der Waals surface area contributed by atoms with Gasteiger partial charge in [0.25, 0.3) is 5.91 Å². The molecule has 0 atom stereocenters. The highest BCUT2D eigenvalue weighted by Crippen LogP contribution is 2.23. The van der Waals surface area contributed by atoms with Gasteiger partial charge in [0, 0.05) is 31.5 Å². The highest BCUT2D eigenvalue weighted by molar-refractivity contribution is 6.01. The highest BCUT2D eigenvalue weighted by atomic mass is 16.1. The molecule has 1 N–H and O–H groups in total. The Hall–Kier alpha value is -2.04. The van der Waals surface area contributed by atoms with E-state index in [0.29, 0.717) is 18.0 Å². The molecule has 0 bridgehead atoms. The molecule has 5 heteroatoms. The smallest absolute Gasteiger partial charge is 0.255 e. The van der Waals surface area contributed by atoms with Gasteiger partial charge in [-0.3, -0.25) is 4.79 Å². The van der Waals surface area contributed by atoms with Crippen molar-refractivity contribution in [2.75, 3.05) is 24.5 Å². The SMILES string of the molecule is CC(C)CNC(=O)c1cnn2ccc(N3CCCC3)cc12. The van der Waals surface area contributed by atoms with Gasteiger partial charge in [-0.05, 0) is 30.9 Å². The van der Waals surface area contributed by atoms with Crippen LogP contribution >= 0.6 is 0 Å². The van der Waals surface area contributed by atoms with E-state index in [9.17, 15) is 4.79 Å². The van der Waals surface area contributed by atoms with Gasteiger partial charge in [0.1, 0.15) is 0 Å². The van der Waals surface area contributed by atoms with Crippen LogP contribution in [-0.4, -0.2) is 35.2 Å². The summed E-state index contributed by atoms with van der Waals surface area (Å²) in [5.41, 5.74) is 2.70. The zero-order valence-corrected chi connectivity index (χ0v) is 12.7. The lowest BCUT2D eigenvalue weighted by atomic mass is 10.2. The van der Waals surface area contributed by atoms with Crippen LogP contribution in [0.1, 0.15) is 37.0 Å². The van der Waals surface area contributed by atoms with Gasteiger partial charge in [-0.15, -0.1) is 0 Å². The molecule has 0 aliphatic carbocycles. The van der Waals surface area contributed by atoms with Crippen LogP contribution < -0.4 is 10.2 Å². The van der Waals surface area contributed by atoms with Crippen molar-refractivity contribution < 1.29 is 4.79 Å². The lowest BCUT2D eigenvalue weighted by Gasteiger charge is -2.17. The van der Waals surface area contributed by atoms with Crippen molar-refractivity contribution in [3.05, 3.63) is 30.1 Å². The van der Waals surface area contributed by atoms with E-state index in [1.54, 1.807) is 10.7 Å². The molecule has 5 nitrogen and oxygen atoms in total. The maximum atomic E-state index is 12.3. The number of fused-ring (bicyclic) bond motifs is 1. The van der Waals surface area contributed by atoms with Gasteiger partial charge in [-0.2, -0.15) is 5.10 Å². The molecule has 1 aliphatic heterocycles. The van der Waals surface area contributed by atoms with Crippen LogP contribution in [0.15, 0.2) is 24.5 Å². The maximum Gasteiger partial charge on any atom is 0.255 e. The molecule has 112 valence electrons.